The number of nitrogens with zero attached hydrogens (tertiary/aromatic N) is 1. The molecule has 0 aliphatic carbocycles. The van der Waals surface area contributed by atoms with Crippen molar-refractivity contribution in [1.82, 2.24) is 9.62 Å². The lowest BCUT2D eigenvalue weighted by molar-refractivity contribution is 0.360. The van der Waals surface area contributed by atoms with Gasteiger partial charge in [-0.05, 0) is 32.2 Å². The minimum atomic E-state index is -3.52. The highest BCUT2D eigenvalue weighted by Gasteiger charge is 2.40. The van der Waals surface area contributed by atoms with Crippen LogP contribution in [0.25, 0.3) is 0 Å². The van der Waals surface area contributed by atoms with Crippen molar-refractivity contribution >= 4 is 19.9 Å². The summed E-state index contributed by atoms with van der Waals surface area (Å²) in [7, 11) is -6.70. The lowest BCUT2D eigenvalue weighted by Crippen LogP contribution is -2.45. The molecule has 8 heteroatoms. The highest BCUT2D eigenvalue weighted by molar-refractivity contribution is 7.95. The molecule has 2 aliphatic rings. The van der Waals surface area contributed by atoms with E-state index in [0.29, 0.717) is 13.1 Å². The fourth-order valence-corrected chi connectivity index (χ4v) is 7.63. The summed E-state index contributed by atoms with van der Waals surface area (Å²) in [5, 5.41) is 2.57. The summed E-state index contributed by atoms with van der Waals surface area (Å²) in [6, 6.07) is 0.203. The van der Waals surface area contributed by atoms with Crippen LogP contribution in [0.1, 0.15) is 39.0 Å². The monoisotopic (exact) mass is 338 g/mol. The predicted molar refractivity (Wildman–Crippen MR) is 83.5 cm³/mol. The molecular weight excluding hydrogens is 312 g/mol. The SMILES string of the molecule is CCCCN(CC1CCCN1)S(=O)(=O)C1CCS(=O)(=O)C1. The maximum absolute atomic E-state index is 12.7. The molecule has 0 aromatic rings. The summed E-state index contributed by atoms with van der Waals surface area (Å²) in [6.07, 6.45) is 4.04. The molecule has 6 nitrogen and oxygen atoms in total. The second-order valence-corrected chi connectivity index (χ2v) is 10.5. The number of hydrogen-bond donors (Lipinski definition) is 1. The van der Waals surface area contributed by atoms with Crippen molar-refractivity contribution in [2.45, 2.75) is 50.3 Å². The molecule has 2 unspecified atom stereocenters. The van der Waals surface area contributed by atoms with Crippen molar-refractivity contribution in [2.75, 3.05) is 31.1 Å². The molecular formula is C13H26N2O4S2. The maximum Gasteiger partial charge on any atom is 0.218 e. The van der Waals surface area contributed by atoms with Gasteiger partial charge in [0.05, 0.1) is 16.8 Å². The molecule has 0 radical (unpaired) electrons. The molecule has 0 bridgehead atoms. The van der Waals surface area contributed by atoms with Gasteiger partial charge in [0.2, 0.25) is 10.0 Å². The van der Waals surface area contributed by atoms with E-state index >= 15 is 0 Å². The Morgan fingerprint density at radius 2 is 2.05 bits per heavy atom. The lowest BCUT2D eigenvalue weighted by Gasteiger charge is -2.27. The summed E-state index contributed by atoms with van der Waals surface area (Å²) in [5.74, 6) is -0.212. The smallest absolute Gasteiger partial charge is 0.218 e. The number of sulfone groups is 1. The Kier molecular flexibility index (Phi) is 5.67. The molecule has 0 saturated carbocycles. The van der Waals surface area contributed by atoms with E-state index in [1.807, 2.05) is 6.92 Å². The minimum absolute atomic E-state index is 0.000191. The van der Waals surface area contributed by atoms with Crippen LogP contribution < -0.4 is 5.32 Å². The summed E-state index contributed by atoms with van der Waals surface area (Å²) in [4.78, 5) is 0. The molecule has 2 heterocycles. The Morgan fingerprint density at radius 1 is 1.29 bits per heavy atom. The van der Waals surface area contributed by atoms with Gasteiger partial charge in [0, 0.05) is 19.1 Å². The molecule has 2 saturated heterocycles. The second kappa shape index (κ2) is 6.93. The number of rotatable bonds is 7. The average molecular weight is 338 g/mol. The van der Waals surface area contributed by atoms with Gasteiger partial charge in [-0.25, -0.2) is 21.1 Å². The lowest BCUT2D eigenvalue weighted by atomic mass is 10.2. The minimum Gasteiger partial charge on any atom is -0.313 e. The van der Waals surface area contributed by atoms with Crippen LogP contribution in [0.2, 0.25) is 0 Å². The Bertz CT molecular complexity index is 539. The van der Waals surface area contributed by atoms with Crippen LogP contribution in [-0.4, -0.2) is 63.6 Å². The quantitative estimate of drug-likeness (QED) is 0.724. The van der Waals surface area contributed by atoms with Crippen LogP contribution in [0, 0.1) is 0 Å². The average Bonchev–Trinajstić information content (AvgIpc) is 3.03. The standard InChI is InChI=1S/C13H26N2O4S2/c1-2-3-8-15(10-12-5-4-7-14-12)21(18,19)13-6-9-20(16,17)11-13/h12-14H,2-11H2,1H3. The van der Waals surface area contributed by atoms with Gasteiger partial charge >= 0.3 is 0 Å². The molecule has 0 aromatic carbocycles. The second-order valence-electron chi connectivity index (χ2n) is 6.07. The normalized spacial score (nSPS) is 29.2. The summed E-state index contributed by atoms with van der Waals surface area (Å²) in [6.45, 7) is 3.93. The molecule has 2 rings (SSSR count). The molecule has 1 N–H and O–H groups in total. The molecule has 2 atom stereocenters. The highest BCUT2D eigenvalue weighted by atomic mass is 32.2. The fourth-order valence-electron chi connectivity index (χ4n) is 3.02. The number of sulfonamides is 1. The van der Waals surface area contributed by atoms with Gasteiger partial charge < -0.3 is 5.32 Å². The number of nitrogens with one attached hydrogen (secondary N) is 1. The van der Waals surface area contributed by atoms with E-state index in [-0.39, 0.29) is 24.0 Å². The highest BCUT2D eigenvalue weighted by Crippen LogP contribution is 2.23. The van der Waals surface area contributed by atoms with Gasteiger partial charge in [-0.15, -0.1) is 0 Å². The molecule has 124 valence electrons. The van der Waals surface area contributed by atoms with Gasteiger partial charge in [-0.2, -0.15) is 0 Å². The zero-order valence-corrected chi connectivity index (χ0v) is 14.3. The van der Waals surface area contributed by atoms with Gasteiger partial charge in [-0.1, -0.05) is 13.3 Å². The molecule has 21 heavy (non-hydrogen) atoms. The first-order valence-electron chi connectivity index (χ1n) is 7.78. The van der Waals surface area contributed by atoms with E-state index in [2.05, 4.69) is 5.32 Å². The molecule has 0 aromatic heterocycles. The van der Waals surface area contributed by atoms with Gasteiger partial charge in [0.25, 0.3) is 0 Å². The van der Waals surface area contributed by atoms with Crippen LogP contribution in [-0.2, 0) is 19.9 Å². The van der Waals surface area contributed by atoms with E-state index in [1.54, 1.807) is 0 Å². The van der Waals surface area contributed by atoms with Gasteiger partial charge in [-0.3, -0.25) is 0 Å². The Labute approximate surface area is 128 Å². The van der Waals surface area contributed by atoms with Crippen molar-refractivity contribution in [3.63, 3.8) is 0 Å². The van der Waals surface area contributed by atoms with Crippen molar-refractivity contribution < 1.29 is 16.8 Å². The first-order valence-corrected chi connectivity index (χ1v) is 11.1. The third kappa shape index (κ3) is 4.40. The Morgan fingerprint density at radius 3 is 2.57 bits per heavy atom. The van der Waals surface area contributed by atoms with Crippen molar-refractivity contribution in [1.29, 1.82) is 0 Å². The molecule has 2 fully saturated rings. The van der Waals surface area contributed by atoms with Crippen LogP contribution in [0.4, 0.5) is 0 Å². The number of hydrogen-bond acceptors (Lipinski definition) is 5. The van der Waals surface area contributed by atoms with E-state index < -0.39 is 25.1 Å². The molecule has 2 aliphatic heterocycles. The van der Waals surface area contributed by atoms with Crippen molar-refractivity contribution in [2.24, 2.45) is 0 Å². The first kappa shape index (κ1) is 17.2. The van der Waals surface area contributed by atoms with Crippen LogP contribution in [0.5, 0.6) is 0 Å². The van der Waals surface area contributed by atoms with E-state index in [0.717, 1.165) is 32.2 Å². The summed E-state index contributed by atoms with van der Waals surface area (Å²) in [5.41, 5.74) is 0. The van der Waals surface area contributed by atoms with Gasteiger partial charge in [0.15, 0.2) is 9.84 Å². The van der Waals surface area contributed by atoms with Crippen LogP contribution in [0.3, 0.4) is 0 Å². The van der Waals surface area contributed by atoms with E-state index in [4.69, 9.17) is 0 Å². The first-order chi connectivity index (χ1) is 9.85. The maximum atomic E-state index is 12.7. The fraction of sp³-hybridized carbons (Fsp3) is 1.00. The largest absolute Gasteiger partial charge is 0.313 e. The predicted octanol–water partition coefficient (Wildman–Crippen LogP) is 0.357. The Balaban J connectivity index is 2.09. The molecule has 0 spiro atoms. The van der Waals surface area contributed by atoms with Crippen molar-refractivity contribution in [3.8, 4) is 0 Å². The topological polar surface area (TPSA) is 83.6 Å². The van der Waals surface area contributed by atoms with Crippen molar-refractivity contribution in [3.05, 3.63) is 0 Å². The van der Waals surface area contributed by atoms with Crippen LogP contribution >= 0.6 is 0 Å². The Hall–Kier alpha value is -0.180. The third-order valence-electron chi connectivity index (χ3n) is 4.32. The van der Waals surface area contributed by atoms with E-state index in [1.165, 1.54) is 4.31 Å². The van der Waals surface area contributed by atoms with Gasteiger partial charge in [0.1, 0.15) is 0 Å². The van der Waals surface area contributed by atoms with Crippen LogP contribution in [0.15, 0.2) is 0 Å². The molecule has 0 amide bonds. The summed E-state index contributed by atoms with van der Waals surface area (Å²) >= 11 is 0. The summed E-state index contributed by atoms with van der Waals surface area (Å²) < 4.78 is 50.2. The zero-order chi connectivity index (χ0) is 15.5. The third-order valence-corrected chi connectivity index (χ3v) is 8.59. The zero-order valence-electron chi connectivity index (χ0n) is 12.6. The number of unbranched alkanes of at least 4 members (excludes halogenated alkanes) is 1. The van der Waals surface area contributed by atoms with E-state index in [9.17, 15) is 16.8 Å².